The lowest BCUT2D eigenvalue weighted by Crippen LogP contribution is -2.41. The molecule has 0 saturated carbocycles. The lowest BCUT2D eigenvalue weighted by Gasteiger charge is -2.30. The lowest BCUT2D eigenvalue weighted by atomic mass is 10.1. The predicted octanol–water partition coefficient (Wildman–Crippen LogP) is 2.89. The number of nitrogens with zero attached hydrogens (tertiary/aromatic N) is 1. The molecule has 0 fully saturated rings. The zero-order valence-electron chi connectivity index (χ0n) is 9.81. The smallest absolute Gasteiger partial charge is 0.331 e. The average Bonchev–Trinajstić information content (AvgIpc) is 2.58. The van der Waals surface area contributed by atoms with Gasteiger partial charge in [0, 0.05) is 27.7 Å². The Morgan fingerprint density at radius 2 is 2.06 bits per heavy atom. The second-order valence-corrected chi connectivity index (χ2v) is 5.79. The highest BCUT2D eigenvalue weighted by Crippen LogP contribution is 2.31. The summed E-state index contributed by atoms with van der Waals surface area (Å²) in [6.45, 7) is 5.00. The molecular formula is C11H14BrNO3S. The molecule has 1 rings (SSSR count). The number of hydrogen-bond acceptors (Lipinski definition) is 3. The Bertz CT molecular complexity index is 430. The van der Waals surface area contributed by atoms with Gasteiger partial charge in [0.2, 0.25) is 5.91 Å². The van der Waals surface area contributed by atoms with E-state index in [0.717, 1.165) is 4.47 Å². The van der Waals surface area contributed by atoms with Crippen LogP contribution in [0, 0.1) is 0 Å². The van der Waals surface area contributed by atoms with E-state index in [9.17, 15) is 14.7 Å². The molecule has 0 bridgehead atoms. The molecule has 6 heteroatoms. The zero-order valence-corrected chi connectivity index (χ0v) is 12.2. The first-order valence-electron chi connectivity index (χ1n) is 5.10. The third kappa shape index (κ3) is 3.29. The number of rotatable bonds is 4. The molecule has 1 aromatic rings. The summed E-state index contributed by atoms with van der Waals surface area (Å²) in [5.74, 6) is -1.25. The Morgan fingerprint density at radius 1 is 1.47 bits per heavy atom. The van der Waals surface area contributed by atoms with Crippen LogP contribution in [0.25, 0.3) is 0 Å². The molecule has 0 saturated heterocycles. The van der Waals surface area contributed by atoms with Crippen molar-refractivity contribution in [3.05, 3.63) is 20.8 Å². The van der Waals surface area contributed by atoms with Crippen molar-refractivity contribution in [2.45, 2.75) is 32.9 Å². The molecule has 94 valence electrons. The van der Waals surface area contributed by atoms with Crippen LogP contribution in [0.1, 0.15) is 31.7 Å². The first kappa shape index (κ1) is 14.2. The number of carbonyl (C=O) groups excluding carboxylic acids is 1. The monoisotopic (exact) mass is 319 g/mol. The Kier molecular flexibility index (Phi) is 4.70. The summed E-state index contributed by atoms with van der Waals surface area (Å²) in [4.78, 5) is 24.9. The molecule has 0 aliphatic heterocycles. The van der Waals surface area contributed by atoms with Crippen molar-refractivity contribution in [2.75, 3.05) is 0 Å². The summed E-state index contributed by atoms with van der Waals surface area (Å²) < 4.78 is 0.830. The molecule has 1 heterocycles. The molecule has 0 aliphatic carbocycles. The number of carbonyl (C=O) groups is 2. The van der Waals surface area contributed by atoms with E-state index < -0.39 is 12.0 Å². The van der Waals surface area contributed by atoms with Gasteiger partial charge in [-0.3, -0.25) is 4.79 Å². The Morgan fingerprint density at radius 3 is 2.35 bits per heavy atom. The SMILES string of the molecule is CC(=O)N(C(C)C)C(C(=O)O)c1cc(Br)cs1. The standard InChI is InChI=1S/C11H14BrNO3S/c1-6(2)13(7(3)14)10(11(15)16)9-4-8(12)5-17-9/h4-6,10H,1-3H3,(H,15,16). The number of thiophene rings is 1. The number of carboxylic acids is 1. The van der Waals surface area contributed by atoms with Crippen LogP contribution in [0.5, 0.6) is 0 Å². The molecule has 1 unspecified atom stereocenters. The molecule has 1 amide bonds. The fraction of sp³-hybridized carbons (Fsp3) is 0.455. The molecule has 4 nitrogen and oxygen atoms in total. The van der Waals surface area contributed by atoms with Crippen molar-refractivity contribution >= 4 is 39.1 Å². The highest BCUT2D eigenvalue weighted by Gasteiger charge is 2.32. The molecule has 0 spiro atoms. The second-order valence-electron chi connectivity index (χ2n) is 3.93. The quantitative estimate of drug-likeness (QED) is 0.928. The predicted molar refractivity (Wildman–Crippen MR) is 70.1 cm³/mol. The minimum Gasteiger partial charge on any atom is -0.479 e. The number of aliphatic carboxylic acids is 1. The van der Waals surface area contributed by atoms with Crippen LogP contribution >= 0.6 is 27.3 Å². The van der Waals surface area contributed by atoms with Crippen molar-refractivity contribution in [1.82, 2.24) is 4.90 Å². The van der Waals surface area contributed by atoms with Gasteiger partial charge >= 0.3 is 5.97 Å². The third-order valence-electron chi connectivity index (χ3n) is 2.29. The van der Waals surface area contributed by atoms with Crippen LogP contribution in [0.3, 0.4) is 0 Å². The minimum atomic E-state index is -1.01. The second kappa shape index (κ2) is 5.64. The average molecular weight is 320 g/mol. The minimum absolute atomic E-state index is 0.158. The van der Waals surface area contributed by atoms with E-state index in [2.05, 4.69) is 15.9 Å². The molecule has 17 heavy (non-hydrogen) atoms. The summed E-state index contributed by atoms with van der Waals surface area (Å²) in [7, 11) is 0. The van der Waals surface area contributed by atoms with Crippen molar-refractivity contribution in [2.24, 2.45) is 0 Å². The molecular weight excluding hydrogens is 306 g/mol. The molecule has 0 aromatic carbocycles. The maximum Gasteiger partial charge on any atom is 0.331 e. The van der Waals surface area contributed by atoms with Crippen molar-refractivity contribution in [3.63, 3.8) is 0 Å². The van der Waals surface area contributed by atoms with Gasteiger partial charge in [0.05, 0.1) is 0 Å². The number of amides is 1. The van der Waals surface area contributed by atoms with E-state index in [1.807, 2.05) is 5.38 Å². The summed E-state index contributed by atoms with van der Waals surface area (Å²) in [5.41, 5.74) is 0. The van der Waals surface area contributed by atoms with Gasteiger partial charge in [0.25, 0.3) is 0 Å². The highest BCUT2D eigenvalue weighted by atomic mass is 79.9. The fourth-order valence-corrected chi connectivity index (χ4v) is 3.23. The van der Waals surface area contributed by atoms with Crippen LogP contribution in [-0.2, 0) is 9.59 Å². The van der Waals surface area contributed by atoms with Gasteiger partial charge in [-0.25, -0.2) is 4.79 Å². The van der Waals surface area contributed by atoms with Crippen LogP contribution in [-0.4, -0.2) is 27.9 Å². The number of hydrogen-bond donors (Lipinski definition) is 1. The molecule has 0 radical (unpaired) electrons. The van der Waals surface area contributed by atoms with Crippen molar-refractivity contribution in [3.8, 4) is 0 Å². The molecule has 1 atom stereocenters. The Hall–Kier alpha value is -0.880. The maximum atomic E-state index is 11.6. The summed E-state index contributed by atoms with van der Waals surface area (Å²) in [6.07, 6.45) is 0. The van der Waals surface area contributed by atoms with Crippen LogP contribution in [0.4, 0.5) is 0 Å². The molecule has 0 aliphatic rings. The maximum absolute atomic E-state index is 11.6. The zero-order chi connectivity index (χ0) is 13.2. The molecule has 1 aromatic heterocycles. The summed E-state index contributed by atoms with van der Waals surface area (Å²) >= 11 is 4.61. The van der Waals surface area contributed by atoms with Gasteiger partial charge < -0.3 is 10.0 Å². The summed E-state index contributed by atoms with van der Waals surface area (Å²) in [5, 5.41) is 11.1. The van der Waals surface area contributed by atoms with Crippen molar-refractivity contribution < 1.29 is 14.7 Å². The highest BCUT2D eigenvalue weighted by molar-refractivity contribution is 9.10. The van der Waals surface area contributed by atoms with Crippen LogP contribution in [0.2, 0.25) is 0 Å². The normalized spacial score (nSPS) is 12.5. The Balaban J connectivity index is 3.16. The Labute approximate surface area is 112 Å². The van der Waals surface area contributed by atoms with E-state index >= 15 is 0 Å². The van der Waals surface area contributed by atoms with E-state index in [1.54, 1.807) is 19.9 Å². The number of carboxylic acid groups (broad SMARTS) is 1. The number of halogens is 1. The van der Waals surface area contributed by atoms with E-state index in [4.69, 9.17) is 0 Å². The van der Waals surface area contributed by atoms with Crippen molar-refractivity contribution in [1.29, 1.82) is 0 Å². The van der Waals surface area contributed by atoms with E-state index in [0.29, 0.717) is 4.88 Å². The van der Waals surface area contributed by atoms with Crippen LogP contribution < -0.4 is 0 Å². The van der Waals surface area contributed by atoms with Gasteiger partial charge in [0.15, 0.2) is 6.04 Å². The van der Waals surface area contributed by atoms with Gasteiger partial charge in [-0.05, 0) is 35.8 Å². The largest absolute Gasteiger partial charge is 0.479 e. The van der Waals surface area contributed by atoms with Gasteiger partial charge in [-0.2, -0.15) is 0 Å². The third-order valence-corrected chi connectivity index (χ3v) is 4.04. The van der Waals surface area contributed by atoms with Gasteiger partial charge in [-0.15, -0.1) is 11.3 Å². The van der Waals surface area contributed by atoms with E-state index in [1.165, 1.54) is 23.2 Å². The topological polar surface area (TPSA) is 57.6 Å². The van der Waals surface area contributed by atoms with Gasteiger partial charge in [0.1, 0.15) is 0 Å². The van der Waals surface area contributed by atoms with Gasteiger partial charge in [-0.1, -0.05) is 0 Å². The summed E-state index contributed by atoms with van der Waals surface area (Å²) in [6, 6.07) is 0.667. The fourth-order valence-electron chi connectivity index (χ4n) is 1.69. The van der Waals surface area contributed by atoms with E-state index in [-0.39, 0.29) is 11.9 Å². The van der Waals surface area contributed by atoms with Crippen LogP contribution in [0.15, 0.2) is 15.9 Å². The first-order chi connectivity index (χ1) is 7.84. The molecule has 1 N–H and O–H groups in total. The first-order valence-corrected chi connectivity index (χ1v) is 6.77. The lowest BCUT2D eigenvalue weighted by molar-refractivity contribution is -0.151.